The number of thiocarbonyl (C=S) groups is 1. The number of nitrogens with one attached hydrogen (secondary N) is 2. The second kappa shape index (κ2) is 9.11. The summed E-state index contributed by atoms with van der Waals surface area (Å²) in [7, 11) is 0. The quantitative estimate of drug-likeness (QED) is 0.220. The lowest BCUT2D eigenvalue weighted by Gasteiger charge is -2.08. The van der Waals surface area contributed by atoms with E-state index in [2.05, 4.69) is 27.4 Å². The molecular formula is C19H17N5OS2. The van der Waals surface area contributed by atoms with Crippen LogP contribution in [0.4, 0.5) is 0 Å². The summed E-state index contributed by atoms with van der Waals surface area (Å²) in [5.74, 6) is 0. The van der Waals surface area contributed by atoms with Crippen molar-refractivity contribution in [1.82, 2.24) is 20.1 Å². The van der Waals surface area contributed by atoms with Crippen molar-refractivity contribution in [1.29, 1.82) is 0 Å². The molecule has 2 heterocycles. The van der Waals surface area contributed by atoms with E-state index >= 15 is 0 Å². The molecule has 0 aliphatic rings. The minimum atomic E-state index is -0.199. The minimum Gasteiger partial charge on any atom is -0.358 e. The van der Waals surface area contributed by atoms with Crippen LogP contribution in [-0.2, 0) is 0 Å². The lowest BCUT2D eigenvalue weighted by atomic mass is 10.3. The van der Waals surface area contributed by atoms with Crippen molar-refractivity contribution in [2.24, 2.45) is 5.10 Å². The normalized spacial score (nSPS) is 10.8. The van der Waals surface area contributed by atoms with Crippen molar-refractivity contribution >= 4 is 41.0 Å². The fourth-order valence-corrected chi connectivity index (χ4v) is 3.27. The van der Waals surface area contributed by atoms with Crippen LogP contribution in [0.2, 0.25) is 0 Å². The zero-order valence-electron chi connectivity index (χ0n) is 14.3. The van der Waals surface area contributed by atoms with E-state index in [0.29, 0.717) is 27.9 Å². The lowest BCUT2D eigenvalue weighted by Crippen LogP contribution is -2.32. The standard InChI is InChI=1S/C19H17N5OS2/c1-2-11-20-19(26)23-21-13-15-17(27-14-8-4-3-5-9-14)22-16-10-6-7-12-24(16)18(15)25/h2-10,12-13H,1,11H2,(H2,20,23,26)/b21-13+. The fraction of sp³-hybridized carbons (Fsp3) is 0.0526. The minimum absolute atomic E-state index is 0.199. The van der Waals surface area contributed by atoms with Gasteiger partial charge in [0.2, 0.25) is 0 Å². The van der Waals surface area contributed by atoms with Gasteiger partial charge >= 0.3 is 0 Å². The smallest absolute Gasteiger partial charge is 0.267 e. The van der Waals surface area contributed by atoms with E-state index < -0.39 is 0 Å². The van der Waals surface area contributed by atoms with E-state index in [1.54, 1.807) is 24.4 Å². The molecule has 0 saturated carbocycles. The maximum atomic E-state index is 12.9. The van der Waals surface area contributed by atoms with Crippen LogP contribution < -0.4 is 16.3 Å². The molecule has 0 aliphatic carbocycles. The van der Waals surface area contributed by atoms with E-state index in [1.165, 1.54) is 22.4 Å². The second-order valence-electron chi connectivity index (χ2n) is 5.35. The molecule has 2 aromatic heterocycles. The predicted molar refractivity (Wildman–Crippen MR) is 114 cm³/mol. The molecule has 2 N–H and O–H groups in total. The molecule has 0 saturated heterocycles. The van der Waals surface area contributed by atoms with Crippen molar-refractivity contribution in [3.8, 4) is 0 Å². The average molecular weight is 396 g/mol. The van der Waals surface area contributed by atoms with E-state index in [9.17, 15) is 4.79 Å². The average Bonchev–Trinajstić information content (AvgIpc) is 2.69. The molecule has 136 valence electrons. The maximum Gasteiger partial charge on any atom is 0.267 e. The number of aromatic nitrogens is 2. The van der Waals surface area contributed by atoms with Crippen LogP contribution in [0, 0.1) is 0 Å². The summed E-state index contributed by atoms with van der Waals surface area (Å²) < 4.78 is 1.49. The fourth-order valence-electron chi connectivity index (χ4n) is 2.23. The first kappa shape index (κ1) is 18.8. The molecule has 3 aromatic rings. The van der Waals surface area contributed by atoms with Gasteiger partial charge in [-0.1, -0.05) is 42.1 Å². The Bertz CT molecular complexity index is 1050. The third kappa shape index (κ3) is 4.81. The van der Waals surface area contributed by atoms with Crippen molar-refractivity contribution in [3.63, 3.8) is 0 Å². The first-order chi connectivity index (χ1) is 13.2. The Morgan fingerprint density at radius 2 is 2.04 bits per heavy atom. The molecule has 0 radical (unpaired) electrons. The Balaban J connectivity index is 1.96. The Labute approximate surface area is 166 Å². The molecule has 3 rings (SSSR count). The SMILES string of the molecule is C=CCNC(=S)N/N=C/c1c(Sc2ccccc2)nc2ccccn2c1=O. The van der Waals surface area contributed by atoms with Crippen molar-refractivity contribution in [2.45, 2.75) is 9.92 Å². The Morgan fingerprint density at radius 3 is 2.81 bits per heavy atom. The van der Waals surface area contributed by atoms with Gasteiger partial charge in [-0.05, 0) is 36.5 Å². The highest BCUT2D eigenvalue weighted by Crippen LogP contribution is 2.27. The van der Waals surface area contributed by atoms with Gasteiger partial charge in [-0.3, -0.25) is 14.6 Å². The van der Waals surface area contributed by atoms with Crippen LogP contribution >= 0.6 is 24.0 Å². The number of rotatable bonds is 6. The summed E-state index contributed by atoms with van der Waals surface area (Å²) >= 11 is 6.51. The van der Waals surface area contributed by atoms with Gasteiger partial charge in [-0.15, -0.1) is 6.58 Å². The van der Waals surface area contributed by atoms with Gasteiger partial charge in [0.15, 0.2) is 5.11 Å². The number of hydrogen-bond donors (Lipinski definition) is 2. The Kier molecular flexibility index (Phi) is 6.35. The molecule has 0 amide bonds. The topological polar surface area (TPSA) is 70.8 Å². The van der Waals surface area contributed by atoms with Gasteiger partial charge in [-0.25, -0.2) is 4.98 Å². The van der Waals surface area contributed by atoms with Gasteiger partial charge in [0, 0.05) is 17.6 Å². The van der Waals surface area contributed by atoms with Gasteiger partial charge in [0.05, 0.1) is 11.8 Å². The molecule has 8 heteroatoms. The third-order valence-corrected chi connectivity index (χ3v) is 4.71. The lowest BCUT2D eigenvalue weighted by molar-refractivity contribution is 0.935. The first-order valence-electron chi connectivity index (χ1n) is 8.11. The van der Waals surface area contributed by atoms with Crippen LogP contribution in [0.3, 0.4) is 0 Å². The molecular weight excluding hydrogens is 378 g/mol. The Hall–Kier alpha value is -2.97. The summed E-state index contributed by atoms with van der Waals surface area (Å²) in [4.78, 5) is 18.5. The molecule has 0 fully saturated rings. The van der Waals surface area contributed by atoms with Gasteiger partial charge in [-0.2, -0.15) is 5.10 Å². The third-order valence-electron chi connectivity index (χ3n) is 3.46. The summed E-state index contributed by atoms with van der Waals surface area (Å²) in [5, 5.41) is 7.91. The number of nitrogens with zero attached hydrogens (tertiary/aromatic N) is 3. The van der Waals surface area contributed by atoms with Crippen LogP contribution in [0.1, 0.15) is 5.56 Å². The summed E-state index contributed by atoms with van der Waals surface area (Å²) in [6.07, 6.45) is 4.82. The van der Waals surface area contributed by atoms with Gasteiger partial charge in [0.25, 0.3) is 5.56 Å². The molecule has 27 heavy (non-hydrogen) atoms. The second-order valence-corrected chi connectivity index (χ2v) is 6.82. The van der Waals surface area contributed by atoms with Crippen molar-refractivity contribution in [3.05, 3.63) is 83.3 Å². The van der Waals surface area contributed by atoms with Crippen LogP contribution in [0.15, 0.2) is 87.2 Å². The highest BCUT2D eigenvalue weighted by atomic mass is 32.2. The molecule has 0 atom stereocenters. The van der Waals surface area contributed by atoms with E-state index in [-0.39, 0.29) is 5.56 Å². The zero-order chi connectivity index (χ0) is 19.1. The highest BCUT2D eigenvalue weighted by Gasteiger charge is 2.12. The number of fused-ring (bicyclic) bond motifs is 1. The van der Waals surface area contributed by atoms with Crippen molar-refractivity contribution in [2.75, 3.05) is 6.54 Å². The summed E-state index contributed by atoms with van der Waals surface area (Å²) in [6, 6.07) is 15.2. The van der Waals surface area contributed by atoms with Crippen LogP contribution in [-0.4, -0.2) is 27.3 Å². The van der Waals surface area contributed by atoms with E-state index in [0.717, 1.165) is 4.90 Å². The van der Waals surface area contributed by atoms with E-state index in [1.807, 2.05) is 36.4 Å². The highest BCUT2D eigenvalue weighted by molar-refractivity contribution is 7.99. The van der Waals surface area contributed by atoms with Gasteiger partial charge < -0.3 is 5.32 Å². The zero-order valence-corrected chi connectivity index (χ0v) is 16.0. The largest absolute Gasteiger partial charge is 0.358 e. The first-order valence-corrected chi connectivity index (χ1v) is 9.33. The maximum absolute atomic E-state index is 12.9. The number of pyridine rings is 1. The van der Waals surface area contributed by atoms with E-state index in [4.69, 9.17) is 12.2 Å². The molecule has 0 bridgehead atoms. The number of hydrazone groups is 1. The number of benzene rings is 1. The summed E-state index contributed by atoms with van der Waals surface area (Å²) in [6.45, 7) is 4.13. The van der Waals surface area contributed by atoms with Crippen LogP contribution in [0.5, 0.6) is 0 Å². The molecule has 1 aromatic carbocycles. The predicted octanol–water partition coefficient (Wildman–Crippen LogP) is 2.83. The van der Waals surface area contributed by atoms with Crippen molar-refractivity contribution < 1.29 is 0 Å². The number of hydrogen-bond acceptors (Lipinski definition) is 5. The molecule has 0 spiro atoms. The molecule has 0 aliphatic heterocycles. The molecule has 0 unspecified atom stereocenters. The monoisotopic (exact) mass is 395 g/mol. The summed E-state index contributed by atoms with van der Waals surface area (Å²) in [5.41, 5.74) is 3.45. The van der Waals surface area contributed by atoms with Crippen LogP contribution in [0.25, 0.3) is 5.65 Å². The Morgan fingerprint density at radius 1 is 1.26 bits per heavy atom. The molecule has 6 nitrogen and oxygen atoms in total. The van der Waals surface area contributed by atoms with Gasteiger partial charge in [0.1, 0.15) is 10.7 Å².